The van der Waals surface area contributed by atoms with Crippen LogP contribution in [-0.4, -0.2) is 58.5 Å². The van der Waals surface area contributed by atoms with Crippen molar-refractivity contribution in [1.29, 1.82) is 0 Å². The van der Waals surface area contributed by atoms with Gasteiger partial charge in [0, 0.05) is 13.1 Å². The maximum atomic E-state index is 13.7. The van der Waals surface area contributed by atoms with E-state index in [-0.39, 0.29) is 5.91 Å². The normalized spacial score (nSPS) is 22.3. The van der Waals surface area contributed by atoms with E-state index >= 15 is 0 Å². The van der Waals surface area contributed by atoms with Gasteiger partial charge in [-0.15, -0.1) is 0 Å². The van der Waals surface area contributed by atoms with Gasteiger partial charge in [0.1, 0.15) is 17.4 Å². The van der Waals surface area contributed by atoms with Crippen LogP contribution >= 0.6 is 0 Å². The van der Waals surface area contributed by atoms with Crippen molar-refractivity contribution in [3.8, 4) is 0 Å². The van der Waals surface area contributed by atoms with E-state index in [2.05, 4.69) is 4.90 Å². The minimum atomic E-state index is -1.01. The quantitative estimate of drug-likeness (QED) is 0.820. The SMILES string of the molecule is Cc1ccc(F)cc1C(C(=O)O)N1CCC(C(N)=O)(N2CCCCC2)CC1. The van der Waals surface area contributed by atoms with Gasteiger partial charge in [0.25, 0.3) is 0 Å². The number of nitrogens with two attached hydrogens (primary N) is 1. The summed E-state index contributed by atoms with van der Waals surface area (Å²) < 4.78 is 13.7. The number of hydrogen-bond acceptors (Lipinski definition) is 4. The molecule has 0 aliphatic carbocycles. The number of primary amides is 1. The zero-order chi connectivity index (χ0) is 19.6. The molecule has 7 heteroatoms. The second-order valence-electron chi connectivity index (χ2n) is 7.72. The highest BCUT2D eigenvalue weighted by Crippen LogP contribution is 2.35. The number of halogens is 1. The van der Waals surface area contributed by atoms with Crippen molar-refractivity contribution in [3.05, 3.63) is 35.1 Å². The highest BCUT2D eigenvalue weighted by atomic mass is 19.1. The van der Waals surface area contributed by atoms with Gasteiger partial charge >= 0.3 is 5.97 Å². The Bertz CT molecular complexity index is 710. The Morgan fingerprint density at radius 3 is 2.33 bits per heavy atom. The number of aryl methyl sites for hydroxylation is 1. The molecule has 1 aromatic carbocycles. The van der Waals surface area contributed by atoms with Crippen LogP contribution in [0.1, 0.15) is 49.3 Å². The lowest BCUT2D eigenvalue weighted by atomic mass is 9.82. The van der Waals surface area contributed by atoms with Crippen LogP contribution in [0, 0.1) is 12.7 Å². The Hall–Kier alpha value is -1.99. The van der Waals surface area contributed by atoms with Crippen LogP contribution in [0.5, 0.6) is 0 Å². The smallest absolute Gasteiger partial charge is 0.325 e. The van der Waals surface area contributed by atoms with Crippen LogP contribution in [0.3, 0.4) is 0 Å². The van der Waals surface area contributed by atoms with Crippen LogP contribution in [0.2, 0.25) is 0 Å². The van der Waals surface area contributed by atoms with Gasteiger partial charge in [-0.1, -0.05) is 12.5 Å². The summed E-state index contributed by atoms with van der Waals surface area (Å²) >= 11 is 0. The molecule has 27 heavy (non-hydrogen) atoms. The van der Waals surface area contributed by atoms with Gasteiger partial charge < -0.3 is 10.8 Å². The molecule has 2 aliphatic rings. The van der Waals surface area contributed by atoms with Crippen LogP contribution in [0.15, 0.2) is 18.2 Å². The number of benzene rings is 1. The lowest BCUT2D eigenvalue weighted by Crippen LogP contribution is -2.63. The number of likely N-dealkylation sites (tertiary alicyclic amines) is 2. The number of piperidine rings is 2. The third kappa shape index (κ3) is 3.84. The van der Waals surface area contributed by atoms with E-state index in [1.54, 1.807) is 13.0 Å². The van der Waals surface area contributed by atoms with Crippen LogP contribution in [-0.2, 0) is 9.59 Å². The second kappa shape index (κ2) is 7.94. The van der Waals surface area contributed by atoms with Crippen molar-refractivity contribution in [2.24, 2.45) is 5.73 Å². The minimum absolute atomic E-state index is 0.321. The Labute approximate surface area is 159 Å². The molecule has 0 saturated carbocycles. The predicted octanol–water partition coefficient (Wildman–Crippen LogP) is 2.07. The van der Waals surface area contributed by atoms with Crippen molar-refractivity contribution < 1.29 is 19.1 Å². The minimum Gasteiger partial charge on any atom is -0.480 e. The molecule has 3 rings (SSSR count). The highest BCUT2D eigenvalue weighted by Gasteiger charge is 2.46. The van der Waals surface area contributed by atoms with Crippen molar-refractivity contribution in [2.75, 3.05) is 26.2 Å². The van der Waals surface area contributed by atoms with Gasteiger partial charge in [0.2, 0.25) is 5.91 Å². The summed E-state index contributed by atoms with van der Waals surface area (Å²) in [6, 6.07) is 3.32. The number of nitrogens with zero attached hydrogens (tertiary/aromatic N) is 2. The molecule has 1 aromatic rings. The highest BCUT2D eigenvalue weighted by molar-refractivity contribution is 5.85. The van der Waals surface area contributed by atoms with E-state index in [1.807, 2.05) is 4.90 Å². The van der Waals surface area contributed by atoms with Crippen LogP contribution in [0.4, 0.5) is 4.39 Å². The first-order valence-electron chi connectivity index (χ1n) is 9.63. The van der Waals surface area contributed by atoms with Gasteiger partial charge in [0.15, 0.2) is 0 Å². The summed E-state index contributed by atoms with van der Waals surface area (Å²) in [5, 5.41) is 9.82. The fourth-order valence-electron chi connectivity index (χ4n) is 4.58. The van der Waals surface area contributed by atoms with Crippen molar-refractivity contribution >= 4 is 11.9 Å². The molecular weight excluding hydrogens is 349 g/mol. The van der Waals surface area contributed by atoms with E-state index in [0.717, 1.165) is 37.9 Å². The number of carboxylic acids is 1. The van der Waals surface area contributed by atoms with Gasteiger partial charge in [0.05, 0.1) is 0 Å². The number of carboxylic acid groups (broad SMARTS) is 1. The predicted molar refractivity (Wildman–Crippen MR) is 99.7 cm³/mol. The molecule has 6 nitrogen and oxygen atoms in total. The molecule has 3 N–H and O–H groups in total. The fourth-order valence-corrected chi connectivity index (χ4v) is 4.58. The first-order valence-corrected chi connectivity index (χ1v) is 9.63. The summed E-state index contributed by atoms with van der Waals surface area (Å²) in [5.74, 6) is -1.77. The molecule has 1 unspecified atom stereocenters. The second-order valence-corrected chi connectivity index (χ2v) is 7.72. The average Bonchev–Trinajstić information content (AvgIpc) is 2.65. The molecule has 2 heterocycles. The summed E-state index contributed by atoms with van der Waals surface area (Å²) in [7, 11) is 0. The largest absolute Gasteiger partial charge is 0.480 e. The van der Waals surface area contributed by atoms with E-state index < -0.39 is 23.4 Å². The Morgan fingerprint density at radius 2 is 1.78 bits per heavy atom. The molecule has 1 atom stereocenters. The Kier molecular flexibility index (Phi) is 5.81. The van der Waals surface area contributed by atoms with Gasteiger partial charge in [-0.2, -0.15) is 0 Å². The summed E-state index contributed by atoms with van der Waals surface area (Å²) in [4.78, 5) is 28.4. The fraction of sp³-hybridized carbons (Fsp3) is 0.600. The number of amides is 1. The van der Waals surface area contributed by atoms with E-state index in [9.17, 15) is 19.1 Å². The number of rotatable bonds is 5. The Morgan fingerprint density at radius 1 is 1.15 bits per heavy atom. The van der Waals surface area contributed by atoms with E-state index in [1.165, 1.54) is 12.1 Å². The number of aliphatic carboxylic acids is 1. The molecule has 2 aliphatic heterocycles. The molecule has 0 radical (unpaired) electrons. The summed E-state index contributed by atoms with van der Waals surface area (Å²) in [6.45, 7) is 4.37. The average molecular weight is 377 g/mol. The first-order chi connectivity index (χ1) is 12.8. The van der Waals surface area contributed by atoms with E-state index in [4.69, 9.17) is 5.73 Å². The number of carbonyl (C=O) groups excluding carboxylic acids is 1. The summed E-state index contributed by atoms with van der Waals surface area (Å²) in [6.07, 6.45) is 4.27. The standard InChI is InChI=1S/C20H28FN3O3/c1-14-5-6-15(21)13-16(14)17(18(25)26)23-11-7-20(8-12-23,19(22)27)24-9-3-2-4-10-24/h5-6,13,17H,2-4,7-12H2,1H3,(H2,22,27)(H,25,26). The maximum absolute atomic E-state index is 13.7. The molecule has 2 fully saturated rings. The zero-order valence-electron chi connectivity index (χ0n) is 15.8. The lowest BCUT2D eigenvalue weighted by molar-refractivity contribution is -0.146. The third-order valence-electron chi connectivity index (χ3n) is 6.18. The number of hydrogen-bond donors (Lipinski definition) is 2. The molecular formula is C20H28FN3O3. The molecule has 0 aromatic heterocycles. The Balaban J connectivity index is 1.82. The van der Waals surface area contributed by atoms with Crippen LogP contribution < -0.4 is 5.73 Å². The molecule has 0 bridgehead atoms. The maximum Gasteiger partial charge on any atom is 0.325 e. The van der Waals surface area contributed by atoms with Crippen LogP contribution in [0.25, 0.3) is 0 Å². The van der Waals surface area contributed by atoms with Crippen molar-refractivity contribution in [1.82, 2.24) is 9.80 Å². The van der Waals surface area contributed by atoms with Gasteiger partial charge in [-0.05, 0) is 69.0 Å². The zero-order valence-corrected chi connectivity index (χ0v) is 15.8. The molecule has 1 amide bonds. The molecule has 148 valence electrons. The number of carbonyl (C=O) groups is 2. The van der Waals surface area contributed by atoms with E-state index in [0.29, 0.717) is 31.5 Å². The van der Waals surface area contributed by atoms with Crippen molar-refractivity contribution in [3.63, 3.8) is 0 Å². The van der Waals surface area contributed by atoms with Crippen molar-refractivity contribution in [2.45, 2.75) is 50.6 Å². The first kappa shape index (κ1) is 19.8. The molecule has 0 spiro atoms. The van der Waals surface area contributed by atoms with Gasteiger partial charge in [-0.25, -0.2) is 4.39 Å². The monoisotopic (exact) mass is 377 g/mol. The third-order valence-corrected chi connectivity index (χ3v) is 6.18. The summed E-state index contributed by atoms with van der Waals surface area (Å²) in [5.41, 5.74) is 6.31. The van der Waals surface area contributed by atoms with Gasteiger partial charge in [-0.3, -0.25) is 19.4 Å². The lowest BCUT2D eigenvalue weighted by Gasteiger charge is -2.49. The molecule has 2 saturated heterocycles. The topological polar surface area (TPSA) is 86.9 Å².